The van der Waals surface area contributed by atoms with Crippen LogP contribution >= 0.6 is 0 Å². The van der Waals surface area contributed by atoms with Gasteiger partial charge < -0.3 is 0 Å². The van der Waals surface area contributed by atoms with Crippen LogP contribution in [-0.4, -0.2) is 6.21 Å². The van der Waals surface area contributed by atoms with Crippen LogP contribution in [-0.2, 0) is 0 Å². The van der Waals surface area contributed by atoms with Crippen molar-refractivity contribution in [3.8, 4) is 0 Å². The molecular weight excluding hydrogens is 110 g/mol. The lowest BCUT2D eigenvalue weighted by Crippen LogP contribution is -1.73. The first-order chi connectivity index (χ1) is 4.35. The Balaban J connectivity index is 3.84. The van der Waals surface area contributed by atoms with Crippen LogP contribution in [0.5, 0.6) is 0 Å². The molecule has 0 aliphatic rings. The Bertz CT molecular complexity index is 132. The molecule has 0 rings (SSSR count). The van der Waals surface area contributed by atoms with Gasteiger partial charge in [-0.15, -0.1) is 0 Å². The molecule has 0 radical (unpaired) electrons. The average Bonchev–Trinajstić information content (AvgIpc) is 1.91. The van der Waals surface area contributed by atoms with Crippen molar-refractivity contribution in [2.45, 2.75) is 20.3 Å². The molecule has 0 aromatic rings. The third-order valence-electron chi connectivity index (χ3n) is 1.04. The second-order valence-corrected chi connectivity index (χ2v) is 1.65. The van der Waals surface area contributed by atoms with Gasteiger partial charge in [0.2, 0.25) is 0 Å². The maximum absolute atomic E-state index is 4.10. The van der Waals surface area contributed by atoms with Crippen molar-refractivity contribution in [1.82, 2.24) is 0 Å². The Morgan fingerprint density at radius 3 is 2.67 bits per heavy atom. The number of rotatable bonds is 3. The Morgan fingerprint density at radius 2 is 2.33 bits per heavy atom. The third-order valence-corrected chi connectivity index (χ3v) is 1.04. The maximum Gasteiger partial charge on any atom is 0.0358 e. The fourth-order valence-corrected chi connectivity index (χ4v) is 0.518. The van der Waals surface area contributed by atoms with Crippen LogP contribution in [0.25, 0.3) is 0 Å². The molecule has 0 saturated carbocycles. The number of hydrogen-bond donors (Lipinski definition) is 0. The van der Waals surface area contributed by atoms with E-state index in [0.717, 1.165) is 12.1 Å². The molecule has 0 aromatic heterocycles. The average molecular weight is 123 g/mol. The smallest absolute Gasteiger partial charge is 0.0358 e. The monoisotopic (exact) mass is 123 g/mol. The second kappa shape index (κ2) is 5.29. The topological polar surface area (TPSA) is 12.4 Å². The van der Waals surface area contributed by atoms with E-state index in [0.29, 0.717) is 0 Å². The highest BCUT2D eigenvalue weighted by atomic mass is 14.7. The van der Waals surface area contributed by atoms with Crippen molar-refractivity contribution in [2.24, 2.45) is 4.99 Å². The zero-order valence-electron chi connectivity index (χ0n) is 6.09. The van der Waals surface area contributed by atoms with Crippen LogP contribution in [0.1, 0.15) is 20.3 Å². The van der Waals surface area contributed by atoms with E-state index >= 15 is 0 Å². The van der Waals surface area contributed by atoms with Crippen molar-refractivity contribution in [3.63, 3.8) is 0 Å². The quantitative estimate of drug-likeness (QED) is 0.511. The lowest BCUT2D eigenvalue weighted by molar-refractivity contribution is 1.06. The lowest BCUT2D eigenvalue weighted by atomic mass is 10.3. The summed E-state index contributed by atoms with van der Waals surface area (Å²) in [5.41, 5.74) is 1.11. The molecular formula is C8H13N. The van der Waals surface area contributed by atoms with E-state index in [-0.39, 0.29) is 0 Å². The minimum absolute atomic E-state index is 0.987. The Morgan fingerprint density at radius 1 is 1.67 bits per heavy atom. The van der Waals surface area contributed by atoms with Gasteiger partial charge in [0.15, 0.2) is 0 Å². The van der Waals surface area contributed by atoms with E-state index in [1.165, 1.54) is 0 Å². The first kappa shape index (κ1) is 8.15. The van der Waals surface area contributed by atoms with Crippen LogP contribution in [0.2, 0.25) is 0 Å². The molecule has 0 bridgehead atoms. The SMILES string of the molecule is C=C/C=N\C(=C/C)CC. The number of allylic oxidation sites excluding steroid dienone is 3. The van der Waals surface area contributed by atoms with Crippen LogP contribution in [0, 0.1) is 0 Å². The van der Waals surface area contributed by atoms with Gasteiger partial charge in [0.05, 0.1) is 0 Å². The molecule has 0 aliphatic heterocycles. The molecule has 0 heterocycles. The summed E-state index contributed by atoms with van der Waals surface area (Å²) in [4.78, 5) is 4.10. The molecule has 9 heavy (non-hydrogen) atoms. The Hall–Kier alpha value is -0.850. The van der Waals surface area contributed by atoms with Gasteiger partial charge in [0.25, 0.3) is 0 Å². The molecule has 0 fully saturated rings. The predicted molar refractivity (Wildman–Crippen MR) is 42.7 cm³/mol. The normalized spacial score (nSPS) is 12.4. The van der Waals surface area contributed by atoms with Gasteiger partial charge in [-0.3, -0.25) is 4.99 Å². The summed E-state index contributed by atoms with van der Waals surface area (Å²) in [5, 5.41) is 0. The van der Waals surface area contributed by atoms with Gasteiger partial charge in [-0.2, -0.15) is 0 Å². The number of nitrogens with zero attached hydrogens (tertiary/aromatic N) is 1. The second-order valence-electron chi connectivity index (χ2n) is 1.65. The Kier molecular flexibility index (Phi) is 4.79. The van der Waals surface area contributed by atoms with Crippen molar-refractivity contribution < 1.29 is 0 Å². The van der Waals surface area contributed by atoms with E-state index in [1.807, 2.05) is 13.0 Å². The van der Waals surface area contributed by atoms with Gasteiger partial charge in [-0.05, 0) is 13.3 Å². The van der Waals surface area contributed by atoms with Crippen molar-refractivity contribution in [2.75, 3.05) is 0 Å². The summed E-state index contributed by atoms with van der Waals surface area (Å²) in [7, 11) is 0. The van der Waals surface area contributed by atoms with Gasteiger partial charge in [-0.1, -0.05) is 25.7 Å². The zero-order valence-corrected chi connectivity index (χ0v) is 6.09. The summed E-state index contributed by atoms with van der Waals surface area (Å²) < 4.78 is 0. The molecule has 0 aliphatic carbocycles. The molecule has 0 aromatic carbocycles. The standard InChI is InChI=1S/C8H13N/c1-4-7-9-8(5-2)6-3/h4-5,7H,1,6H2,2-3H3/b8-5-,9-7-. The van der Waals surface area contributed by atoms with Crippen molar-refractivity contribution in [3.05, 3.63) is 24.4 Å². The van der Waals surface area contributed by atoms with Crippen molar-refractivity contribution >= 4 is 6.21 Å². The maximum atomic E-state index is 4.10. The van der Waals surface area contributed by atoms with E-state index < -0.39 is 0 Å². The third kappa shape index (κ3) is 3.71. The van der Waals surface area contributed by atoms with Crippen molar-refractivity contribution in [1.29, 1.82) is 0 Å². The van der Waals surface area contributed by atoms with Gasteiger partial charge in [0, 0.05) is 11.9 Å². The minimum Gasteiger partial charge on any atom is -0.262 e. The largest absolute Gasteiger partial charge is 0.262 e. The predicted octanol–water partition coefficient (Wildman–Crippen LogP) is 2.56. The van der Waals surface area contributed by atoms with Crippen LogP contribution in [0.3, 0.4) is 0 Å². The zero-order chi connectivity index (χ0) is 7.11. The summed E-state index contributed by atoms with van der Waals surface area (Å²) in [5.74, 6) is 0. The van der Waals surface area contributed by atoms with Crippen LogP contribution < -0.4 is 0 Å². The van der Waals surface area contributed by atoms with E-state index in [2.05, 4.69) is 18.5 Å². The summed E-state index contributed by atoms with van der Waals surface area (Å²) in [6, 6.07) is 0. The highest BCUT2D eigenvalue weighted by molar-refractivity contribution is 5.71. The number of aliphatic imine (C=N–C) groups is 1. The Labute approximate surface area is 56.8 Å². The fourth-order valence-electron chi connectivity index (χ4n) is 0.518. The van der Waals surface area contributed by atoms with Crippen LogP contribution in [0.15, 0.2) is 29.4 Å². The van der Waals surface area contributed by atoms with Gasteiger partial charge >= 0.3 is 0 Å². The molecule has 50 valence electrons. The molecule has 0 unspecified atom stereocenters. The van der Waals surface area contributed by atoms with Gasteiger partial charge in [-0.25, -0.2) is 0 Å². The molecule has 0 amide bonds. The van der Waals surface area contributed by atoms with E-state index in [4.69, 9.17) is 0 Å². The summed E-state index contributed by atoms with van der Waals surface area (Å²) in [6.45, 7) is 7.59. The first-order valence-corrected chi connectivity index (χ1v) is 3.15. The van der Waals surface area contributed by atoms with Crippen LogP contribution in [0.4, 0.5) is 0 Å². The molecule has 0 spiro atoms. The highest BCUT2D eigenvalue weighted by Crippen LogP contribution is 1.99. The molecule has 1 heteroatoms. The van der Waals surface area contributed by atoms with E-state index in [1.54, 1.807) is 12.3 Å². The number of hydrogen-bond acceptors (Lipinski definition) is 1. The molecule has 0 atom stereocenters. The first-order valence-electron chi connectivity index (χ1n) is 3.15. The summed E-state index contributed by atoms with van der Waals surface area (Å²) in [6.07, 6.45) is 6.37. The highest BCUT2D eigenvalue weighted by Gasteiger charge is 1.81. The van der Waals surface area contributed by atoms with E-state index in [9.17, 15) is 0 Å². The summed E-state index contributed by atoms with van der Waals surface area (Å²) >= 11 is 0. The molecule has 0 N–H and O–H groups in total. The lowest BCUT2D eigenvalue weighted by Gasteiger charge is -1.90. The minimum atomic E-state index is 0.987. The fraction of sp³-hybridized carbons (Fsp3) is 0.375. The molecule has 0 saturated heterocycles. The van der Waals surface area contributed by atoms with Gasteiger partial charge in [0.1, 0.15) is 0 Å². The molecule has 1 nitrogen and oxygen atoms in total.